The molecule has 0 bridgehead atoms. The third-order valence-corrected chi connectivity index (χ3v) is 7.84. The first kappa shape index (κ1) is 22.3. The Kier molecular flexibility index (Phi) is 7.29. The van der Waals surface area contributed by atoms with Crippen molar-refractivity contribution in [2.45, 2.75) is 69.7 Å². The van der Waals surface area contributed by atoms with Crippen LogP contribution in [0, 0.1) is 0 Å². The molecule has 1 atom stereocenters. The molecular weight excluding hydrogens is 436 g/mol. The Bertz CT molecular complexity index is 950. The third kappa shape index (κ3) is 4.96. The highest BCUT2D eigenvalue weighted by atomic mass is 32.2. The van der Waals surface area contributed by atoms with Crippen molar-refractivity contribution in [1.29, 1.82) is 0 Å². The molecule has 1 fully saturated rings. The summed E-state index contributed by atoms with van der Waals surface area (Å²) >= 11 is 2.86. The van der Waals surface area contributed by atoms with Crippen LogP contribution in [0.1, 0.15) is 59.2 Å². The van der Waals surface area contributed by atoms with Crippen molar-refractivity contribution in [2.75, 3.05) is 24.8 Å². The van der Waals surface area contributed by atoms with Gasteiger partial charge < -0.3 is 19.4 Å². The fourth-order valence-corrected chi connectivity index (χ4v) is 6.19. The summed E-state index contributed by atoms with van der Waals surface area (Å²) in [6.07, 6.45) is 7.02. The highest BCUT2D eigenvalue weighted by Gasteiger charge is 2.27. The Balaban J connectivity index is 1.44. The summed E-state index contributed by atoms with van der Waals surface area (Å²) in [6.45, 7) is 3.56. The van der Waals surface area contributed by atoms with Crippen LogP contribution in [0.25, 0.3) is 0 Å². The lowest BCUT2D eigenvalue weighted by Gasteiger charge is -2.14. The predicted molar refractivity (Wildman–Crippen MR) is 120 cm³/mol. The lowest BCUT2D eigenvalue weighted by atomic mass is 9.95. The van der Waals surface area contributed by atoms with Crippen LogP contribution in [0.3, 0.4) is 0 Å². The Morgan fingerprint density at radius 3 is 2.87 bits per heavy atom. The lowest BCUT2D eigenvalue weighted by molar-refractivity contribution is -0.113. The molecule has 0 spiro atoms. The molecule has 2 aromatic rings. The molecule has 1 N–H and O–H groups in total. The number of hydrogen-bond acceptors (Lipinski definition) is 8. The molecule has 1 amide bonds. The number of amides is 1. The van der Waals surface area contributed by atoms with Gasteiger partial charge in [0.25, 0.3) is 0 Å². The van der Waals surface area contributed by atoms with E-state index in [1.54, 1.807) is 0 Å². The van der Waals surface area contributed by atoms with E-state index in [-0.39, 0.29) is 23.7 Å². The molecular formula is C21H28N4O4S2. The number of thiophene rings is 1. The number of carbonyl (C=O) groups excluding carboxylic acids is 2. The number of nitrogens with one attached hydrogen (secondary N) is 1. The monoisotopic (exact) mass is 464 g/mol. The number of nitrogens with zero attached hydrogens (tertiary/aromatic N) is 3. The molecule has 0 radical (unpaired) electrons. The topological polar surface area (TPSA) is 95.3 Å². The number of aromatic nitrogens is 3. The summed E-state index contributed by atoms with van der Waals surface area (Å²) in [7, 11) is 1.38. The second-order valence-corrected chi connectivity index (χ2v) is 9.79. The fourth-order valence-electron chi connectivity index (χ4n) is 4.13. The van der Waals surface area contributed by atoms with Gasteiger partial charge in [-0.1, -0.05) is 18.7 Å². The number of methoxy groups -OCH3 is 1. The molecule has 3 heterocycles. The van der Waals surface area contributed by atoms with E-state index in [2.05, 4.69) is 20.1 Å². The highest BCUT2D eigenvalue weighted by Crippen LogP contribution is 2.38. The fraction of sp³-hybridized carbons (Fsp3) is 0.619. The first-order chi connectivity index (χ1) is 15.1. The molecule has 0 saturated carbocycles. The number of hydrogen-bond donors (Lipinski definition) is 1. The number of esters is 1. The average Bonchev–Trinajstić information content (AvgIpc) is 3.50. The summed E-state index contributed by atoms with van der Waals surface area (Å²) in [6, 6.07) is 0. The van der Waals surface area contributed by atoms with Crippen molar-refractivity contribution >= 4 is 40.0 Å². The minimum absolute atomic E-state index is 0.168. The number of ether oxygens (including phenoxy) is 2. The number of anilines is 1. The van der Waals surface area contributed by atoms with Gasteiger partial charge in [0.05, 0.1) is 31.1 Å². The molecule has 168 valence electrons. The van der Waals surface area contributed by atoms with E-state index >= 15 is 0 Å². The van der Waals surface area contributed by atoms with Crippen LogP contribution in [0.4, 0.5) is 5.00 Å². The van der Waals surface area contributed by atoms with Crippen molar-refractivity contribution in [2.24, 2.45) is 0 Å². The van der Waals surface area contributed by atoms with E-state index in [0.717, 1.165) is 68.1 Å². The molecule has 1 aliphatic carbocycles. The second-order valence-electron chi connectivity index (χ2n) is 7.74. The van der Waals surface area contributed by atoms with E-state index in [9.17, 15) is 9.59 Å². The summed E-state index contributed by atoms with van der Waals surface area (Å²) in [5.74, 6) is 0.540. The average molecular weight is 465 g/mol. The minimum atomic E-state index is -0.383. The van der Waals surface area contributed by atoms with Crippen molar-refractivity contribution < 1.29 is 19.1 Å². The van der Waals surface area contributed by atoms with E-state index in [0.29, 0.717) is 17.1 Å². The zero-order chi connectivity index (χ0) is 21.8. The Morgan fingerprint density at radius 1 is 1.29 bits per heavy atom. The number of rotatable bonds is 8. The lowest BCUT2D eigenvalue weighted by Crippen LogP contribution is -2.19. The quantitative estimate of drug-likeness (QED) is 0.472. The first-order valence-electron chi connectivity index (χ1n) is 10.8. The zero-order valence-electron chi connectivity index (χ0n) is 17.9. The van der Waals surface area contributed by atoms with Gasteiger partial charge in [-0.3, -0.25) is 4.79 Å². The molecule has 1 aliphatic heterocycles. The van der Waals surface area contributed by atoms with Crippen molar-refractivity contribution in [3.05, 3.63) is 21.8 Å². The summed E-state index contributed by atoms with van der Waals surface area (Å²) in [5, 5.41) is 12.8. The molecule has 1 saturated heterocycles. The van der Waals surface area contributed by atoms with Crippen LogP contribution in [-0.2, 0) is 40.1 Å². The maximum Gasteiger partial charge on any atom is 0.341 e. The van der Waals surface area contributed by atoms with E-state index in [1.807, 2.05) is 6.92 Å². The van der Waals surface area contributed by atoms with Crippen LogP contribution in [0.5, 0.6) is 0 Å². The van der Waals surface area contributed by atoms with Gasteiger partial charge in [0.15, 0.2) is 5.16 Å². The maximum absolute atomic E-state index is 12.7. The Labute approximate surface area is 190 Å². The van der Waals surface area contributed by atoms with Crippen molar-refractivity contribution in [3.8, 4) is 0 Å². The van der Waals surface area contributed by atoms with Crippen LogP contribution >= 0.6 is 23.1 Å². The number of carbonyl (C=O) groups is 2. The summed E-state index contributed by atoms with van der Waals surface area (Å²) < 4.78 is 12.8. The molecule has 2 aromatic heterocycles. The van der Waals surface area contributed by atoms with Gasteiger partial charge in [0, 0.05) is 17.9 Å². The molecule has 2 aliphatic rings. The van der Waals surface area contributed by atoms with Gasteiger partial charge in [-0.05, 0) is 44.1 Å². The van der Waals surface area contributed by atoms with Crippen LogP contribution in [0.15, 0.2) is 5.16 Å². The van der Waals surface area contributed by atoms with Gasteiger partial charge in [0.2, 0.25) is 5.91 Å². The number of aryl methyl sites for hydroxylation is 2. The Morgan fingerprint density at radius 2 is 2.13 bits per heavy atom. The van der Waals surface area contributed by atoms with E-state index in [4.69, 9.17) is 9.47 Å². The van der Waals surface area contributed by atoms with Gasteiger partial charge in [-0.15, -0.1) is 21.5 Å². The third-order valence-electron chi connectivity index (χ3n) is 5.67. The predicted octanol–water partition coefficient (Wildman–Crippen LogP) is 3.48. The molecule has 0 aromatic carbocycles. The van der Waals surface area contributed by atoms with Crippen molar-refractivity contribution in [1.82, 2.24) is 14.8 Å². The molecule has 4 rings (SSSR count). The minimum Gasteiger partial charge on any atom is -0.465 e. The highest BCUT2D eigenvalue weighted by molar-refractivity contribution is 7.99. The molecule has 8 nitrogen and oxygen atoms in total. The van der Waals surface area contributed by atoms with Gasteiger partial charge in [-0.2, -0.15) is 0 Å². The smallest absolute Gasteiger partial charge is 0.341 e. The normalized spacial score (nSPS) is 18.1. The van der Waals surface area contributed by atoms with Crippen LogP contribution in [-0.4, -0.2) is 52.2 Å². The molecule has 31 heavy (non-hydrogen) atoms. The summed E-state index contributed by atoms with van der Waals surface area (Å²) in [5.41, 5.74) is 1.56. The maximum atomic E-state index is 12.7. The van der Waals surface area contributed by atoms with Gasteiger partial charge >= 0.3 is 5.97 Å². The number of thioether (sulfide) groups is 1. The second kappa shape index (κ2) is 10.1. The van der Waals surface area contributed by atoms with Crippen LogP contribution in [0.2, 0.25) is 0 Å². The molecule has 1 unspecified atom stereocenters. The van der Waals surface area contributed by atoms with E-state index in [1.165, 1.54) is 35.1 Å². The standard InChI is InChI=1S/C21H28N4O4S2/c1-3-16-23-24-21(25(16)11-13-7-6-10-29-13)30-12-17(26)22-19-18(20(27)28-2)14-8-4-5-9-15(14)31-19/h13H,3-12H2,1-2H3,(H,22,26). The summed E-state index contributed by atoms with van der Waals surface area (Å²) in [4.78, 5) is 26.3. The van der Waals surface area contributed by atoms with Gasteiger partial charge in [-0.25, -0.2) is 4.79 Å². The largest absolute Gasteiger partial charge is 0.465 e. The van der Waals surface area contributed by atoms with E-state index < -0.39 is 0 Å². The molecule has 10 heteroatoms. The van der Waals surface area contributed by atoms with Crippen LogP contribution < -0.4 is 5.32 Å². The SMILES string of the molecule is CCc1nnc(SCC(=O)Nc2sc3c(c2C(=O)OC)CCCC3)n1CC1CCCO1. The Hall–Kier alpha value is -1.91. The van der Waals surface area contributed by atoms with Crippen molar-refractivity contribution in [3.63, 3.8) is 0 Å². The number of fused-ring (bicyclic) bond motifs is 1. The van der Waals surface area contributed by atoms with Gasteiger partial charge in [0.1, 0.15) is 10.8 Å². The zero-order valence-corrected chi connectivity index (χ0v) is 19.6. The first-order valence-corrected chi connectivity index (χ1v) is 12.6.